The minimum absolute atomic E-state index is 0.598. The van der Waals surface area contributed by atoms with Crippen molar-refractivity contribution in [3.63, 3.8) is 0 Å². The lowest BCUT2D eigenvalue weighted by atomic mass is 10.2. The number of rotatable bonds is 3. The molecule has 1 nitrogen and oxygen atoms in total. The van der Waals surface area contributed by atoms with E-state index >= 15 is 0 Å². The van der Waals surface area contributed by atoms with E-state index in [-0.39, 0.29) is 0 Å². The highest BCUT2D eigenvalue weighted by molar-refractivity contribution is 9.10. The van der Waals surface area contributed by atoms with Gasteiger partial charge in [0.05, 0.1) is 0 Å². The molecule has 0 amide bonds. The number of hydrogen-bond acceptors (Lipinski definition) is 1. The Balaban J connectivity index is 2.19. The van der Waals surface area contributed by atoms with Gasteiger partial charge in [0.1, 0.15) is 0 Å². The van der Waals surface area contributed by atoms with E-state index in [1.807, 2.05) is 30.3 Å². The summed E-state index contributed by atoms with van der Waals surface area (Å²) in [4.78, 5) is 0. The quantitative estimate of drug-likeness (QED) is 0.755. The normalized spacial score (nSPS) is 10.4. The van der Waals surface area contributed by atoms with Crippen LogP contribution in [0.3, 0.4) is 0 Å². The fourth-order valence-corrected chi connectivity index (χ4v) is 2.60. The lowest BCUT2D eigenvalue weighted by molar-refractivity contribution is 1.14. The van der Waals surface area contributed by atoms with Crippen LogP contribution in [0.4, 0.5) is 5.69 Å². The van der Waals surface area contributed by atoms with Crippen LogP contribution >= 0.6 is 39.1 Å². The number of hydrogen-bond donors (Lipinski definition) is 1. The Morgan fingerprint density at radius 2 is 1.67 bits per heavy atom. The Labute approximate surface area is 125 Å². The molecule has 2 aromatic carbocycles. The molecule has 0 spiro atoms. The maximum absolute atomic E-state index is 6.13. The summed E-state index contributed by atoms with van der Waals surface area (Å²) in [6.45, 7) is 2.65. The maximum Gasteiger partial charge on any atom is 0.0490 e. The molecular weight excluding hydrogens is 333 g/mol. The highest BCUT2D eigenvalue weighted by Gasteiger charge is 2.07. The fourth-order valence-electron chi connectivity index (χ4n) is 1.67. The fraction of sp³-hybridized carbons (Fsp3) is 0.143. The molecule has 18 heavy (non-hydrogen) atoms. The van der Waals surface area contributed by atoms with Gasteiger partial charge < -0.3 is 5.32 Å². The summed E-state index contributed by atoms with van der Waals surface area (Å²) >= 11 is 15.8. The lowest BCUT2D eigenvalue weighted by Gasteiger charge is -2.12. The van der Waals surface area contributed by atoms with Gasteiger partial charge in [0.2, 0.25) is 0 Å². The summed E-state index contributed by atoms with van der Waals surface area (Å²) in [6.07, 6.45) is 0. The minimum Gasteiger partial charge on any atom is -0.380 e. The molecule has 0 radical (unpaired) electrons. The second kappa shape index (κ2) is 5.96. The monoisotopic (exact) mass is 343 g/mol. The van der Waals surface area contributed by atoms with E-state index in [4.69, 9.17) is 23.2 Å². The number of halogens is 3. The molecule has 0 aliphatic carbocycles. The van der Waals surface area contributed by atoms with E-state index in [1.165, 1.54) is 5.56 Å². The summed E-state index contributed by atoms with van der Waals surface area (Å²) in [5, 5.41) is 4.69. The van der Waals surface area contributed by atoms with Crippen LogP contribution in [0, 0.1) is 6.92 Å². The minimum atomic E-state index is 0.598. The van der Waals surface area contributed by atoms with E-state index in [9.17, 15) is 0 Å². The maximum atomic E-state index is 6.13. The molecule has 0 saturated heterocycles. The molecular formula is C14H12BrCl2N. The average Bonchev–Trinajstić information content (AvgIpc) is 2.33. The molecule has 94 valence electrons. The van der Waals surface area contributed by atoms with Gasteiger partial charge in [0.25, 0.3) is 0 Å². The first kappa shape index (κ1) is 13.7. The van der Waals surface area contributed by atoms with Crippen LogP contribution in [0.15, 0.2) is 40.9 Å². The Morgan fingerprint density at radius 1 is 1.06 bits per heavy atom. The molecule has 2 rings (SSSR count). The molecule has 0 aliphatic heterocycles. The summed E-state index contributed by atoms with van der Waals surface area (Å²) in [5.74, 6) is 0. The number of benzene rings is 2. The smallest absolute Gasteiger partial charge is 0.0490 e. The van der Waals surface area contributed by atoms with Crippen molar-refractivity contribution in [1.29, 1.82) is 0 Å². The third kappa shape index (κ3) is 3.00. The van der Waals surface area contributed by atoms with Crippen LogP contribution in [0.1, 0.15) is 11.1 Å². The molecule has 2 aromatic rings. The summed E-state index contributed by atoms with van der Waals surface area (Å²) < 4.78 is 1.06. The zero-order valence-electron chi connectivity index (χ0n) is 9.81. The topological polar surface area (TPSA) is 12.0 Å². The Bertz CT molecular complexity index is 549. The Morgan fingerprint density at radius 3 is 2.33 bits per heavy atom. The van der Waals surface area contributed by atoms with Crippen LogP contribution in [0.2, 0.25) is 10.0 Å². The number of anilines is 1. The van der Waals surface area contributed by atoms with Gasteiger partial charge in [-0.15, -0.1) is 0 Å². The van der Waals surface area contributed by atoms with Crippen molar-refractivity contribution in [2.24, 2.45) is 0 Å². The Kier molecular flexibility index (Phi) is 4.55. The van der Waals surface area contributed by atoms with Crippen molar-refractivity contribution in [2.45, 2.75) is 13.5 Å². The zero-order chi connectivity index (χ0) is 13.1. The van der Waals surface area contributed by atoms with Crippen molar-refractivity contribution in [2.75, 3.05) is 5.32 Å². The van der Waals surface area contributed by atoms with E-state index < -0.39 is 0 Å². The first-order valence-corrected chi connectivity index (χ1v) is 7.06. The first-order chi connectivity index (χ1) is 8.59. The van der Waals surface area contributed by atoms with Gasteiger partial charge in [-0.2, -0.15) is 0 Å². The largest absolute Gasteiger partial charge is 0.380 e. The van der Waals surface area contributed by atoms with Gasteiger partial charge >= 0.3 is 0 Å². The van der Waals surface area contributed by atoms with Crippen LogP contribution in [-0.4, -0.2) is 0 Å². The SMILES string of the molecule is Cc1cccc(NCc2c(Cl)cccc2Cl)c1Br. The Hall–Kier alpha value is -0.700. The molecule has 0 fully saturated rings. The van der Waals surface area contributed by atoms with Crippen LogP contribution in [0.25, 0.3) is 0 Å². The highest BCUT2D eigenvalue weighted by Crippen LogP contribution is 2.29. The predicted octanol–water partition coefficient (Wildman–Crippen LogP) is 5.68. The summed E-state index contributed by atoms with van der Waals surface area (Å²) in [7, 11) is 0. The van der Waals surface area contributed by atoms with Crippen molar-refractivity contribution in [3.05, 3.63) is 62.0 Å². The molecule has 0 atom stereocenters. The molecule has 4 heteroatoms. The molecule has 0 aromatic heterocycles. The second-order valence-electron chi connectivity index (χ2n) is 3.99. The van der Waals surface area contributed by atoms with Gasteiger partial charge in [0, 0.05) is 32.3 Å². The van der Waals surface area contributed by atoms with Crippen LogP contribution in [0.5, 0.6) is 0 Å². The summed E-state index contributed by atoms with van der Waals surface area (Å²) in [6, 6.07) is 11.6. The van der Waals surface area contributed by atoms with Gasteiger partial charge in [-0.05, 0) is 46.6 Å². The van der Waals surface area contributed by atoms with Gasteiger partial charge in [-0.3, -0.25) is 0 Å². The van der Waals surface area contributed by atoms with Crippen molar-refractivity contribution >= 4 is 44.8 Å². The number of aryl methyl sites for hydroxylation is 1. The average molecular weight is 345 g/mol. The third-order valence-electron chi connectivity index (χ3n) is 2.71. The van der Waals surface area contributed by atoms with E-state index in [0.29, 0.717) is 16.6 Å². The molecule has 1 N–H and O–H groups in total. The van der Waals surface area contributed by atoms with Crippen LogP contribution < -0.4 is 5.32 Å². The second-order valence-corrected chi connectivity index (χ2v) is 5.60. The standard InChI is InChI=1S/C14H12BrCl2N/c1-9-4-2-7-13(14(9)15)18-8-10-11(16)5-3-6-12(10)17/h2-7,18H,8H2,1H3. The van der Waals surface area contributed by atoms with Crippen molar-refractivity contribution in [3.8, 4) is 0 Å². The first-order valence-electron chi connectivity index (χ1n) is 5.51. The van der Waals surface area contributed by atoms with Crippen LogP contribution in [-0.2, 0) is 6.54 Å². The van der Waals surface area contributed by atoms with E-state index in [0.717, 1.165) is 15.7 Å². The highest BCUT2D eigenvalue weighted by atomic mass is 79.9. The molecule has 0 heterocycles. The van der Waals surface area contributed by atoms with Gasteiger partial charge in [-0.1, -0.05) is 41.4 Å². The molecule has 0 aliphatic rings. The summed E-state index contributed by atoms with van der Waals surface area (Å²) in [5.41, 5.74) is 3.13. The van der Waals surface area contributed by atoms with Crippen molar-refractivity contribution < 1.29 is 0 Å². The lowest BCUT2D eigenvalue weighted by Crippen LogP contribution is -2.02. The molecule has 0 unspecified atom stereocenters. The van der Waals surface area contributed by atoms with Gasteiger partial charge in [-0.25, -0.2) is 0 Å². The van der Waals surface area contributed by atoms with E-state index in [2.05, 4.69) is 34.2 Å². The molecule has 0 bridgehead atoms. The zero-order valence-corrected chi connectivity index (χ0v) is 12.9. The third-order valence-corrected chi connectivity index (χ3v) is 4.47. The predicted molar refractivity (Wildman–Crippen MR) is 82.7 cm³/mol. The molecule has 0 saturated carbocycles. The van der Waals surface area contributed by atoms with Gasteiger partial charge in [0.15, 0.2) is 0 Å². The van der Waals surface area contributed by atoms with E-state index in [1.54, 1.807) is 0 Å². The number of nitrogens with one attached hydrogen (secondary N) is 1. The van der Waals surface area contributed by atoms with Crippen molar-refractivity contribution in [1.82, 2.24) is 0 Å².